The van der Waals surface area contributed by atoms with Crippen LogP contribution in [0.15, 0.2) is 4.52 Å². The highest BCUT2D eigenvalue weighted by Crippen LogP contribution is 2.32. The number of rotatable bonds is 5. The van der Waals surface area contributed by atoms with Crippen molar-refractivity contribution in [3.8, 4) is 0 Å². The minimum Gasteiger partial charge on any atom is -0.381 e. The SMILES string of the molecule is CC(C)c1noc([C@@H](NC(=O)[C@@H]2CCCS2)C2CCOCC2)n1. The van der Waals surface area contributed by atoms with E-state index in [-0.39, 0.29) is 23.1 Å². The minimum atomic E-state index is -0.201. The predicted octanol–water partition coefficient (Wildman–Crippen LogP) is 2.67. The first-order valence-corrected chi connectivity index (χ1v) is 9.53. The largest absolute Gasteiger partial charge is 0.381 e. The Morgan fingerprint density at radius 1 is 1.30 bits per heavy atom. The molecule has 2 aliphatic heterocycles. The van der Waals surface area contributed by atoms with E-state index in [9.17, 15) is 4.79 Å². The van der Waals surface area contributed by atoms with Crippen LogP contribution in [0, 0.1) is 5.92 Å². The lowest BCUT2D eigenvalue weighted by molar-refractivity contribution is -0.122. The van der Waals surface area contributed by atoms with Crippen LogP contribution in [-0.2, 0) is 9.53 Å². The maximum atomic E-state index is 12.6. The molecule has 128 valence electrons. The van der Waals surface area contributed by atoms with Crippen LogP contribution in [0.25, 0.3) is 0 Å². The minimum absolute atomic E-state index is 0.0600. The molecular formula is C16H25N3O3S. The molecule has 2 saturated heterocycles. The molecule has 0 aliphatic carbocycles. The average molecular weight is 339 g/mol. The van der Waals surface area contributed by atoms with Crippen LogP contribution in [0.5, 0.6) is 0 Å². The quantitative estimate of drug-likeness (QED) is 0.889. The highest BCUT2D eigenvalue weighted by molar-refractivity contribution is 8.00. The van der Waals surface area contributed by atoms with Crippen molar-refractivity contribution in [1.29, 1.82) is 0 Å². The second-order valence-corrected chi connectivity index (χ2v) is 7.89. The van der Waals surface area contributed by atoms with E-state index < -0.39 is 0 Å². The maximum absolute atomic E-state index is 12.6. The first kappa shape index (κ1) is 16.8. The van der Waals surface area contributed by atoms with Gasteiger partial charge in [0.25, 0.3) is 0 Å². The van der Waals surface area contributed by atoms with Gasteiger partial charge in [-0.3, -0.25) is 4.79 Å². The first-order valence-electron chi connectivity index (χ1n) is 8.48. The number of hydrogen-bond acceptors (Lipinski definition) is 6. The number of hydrogen-bond donors (Lipinski definition) is 1. The third-order valence-electron chi connectivity index (χ3n) is 4.50. The molecular weight excluding hydrogens is 314 g/mol. The molecule has 3 heterocycles. The van der Waals surface area contributed by atoms with Gasteiger partial charge in [-0.15, -0.1) is 11.8 Å². The Bertz CT molecular complexity index is 522. The number of carbonyl (C=O) groups excluding carboxylic acids is 1. The summed E-state index contributed by atoms with van der Waals surface area (Å²) in [6, 6.07) is -0.201. The van der Waals surface area contributed by atoms with Gasteiger partial charge in [0.15, 0.2) is 5.82 Å². The van der Waals surface area contributed by atoms with E-state index >= 15 is 0 Å². The smallest absolute Gasteiger partial charge is 0.249 e. The van der Waals surface area contributed by atoms with Gasteiger partial charge in [-0.1, -0.05) is 19.0 Å². The van der Waals surface area contributed by atoms with E-state index in [1.165, 1.54) is 0 Å². The van der Waals surface area contributed by atoms with Gasteiger partial charge >= 0.3 is 0 Å². The molecule has 3 rings (SSSR count). The lowest BCUT2D eigenvalue weighted by Gasteiger charge is -2.29. The van der Waals surface area contributed by atoms with E-state index in [0.29, 0.717) is 17.6 Å². The molecule has 6 nitrogen and oxygen atoms in total. The normalized spacial score (nSPS) is 24.0. The van der Waals surface area contributed by atoms with E-state index in [1.807, 2.05) is 13.8 Å². The molecule has 0 spiro atoms. The number of ether oxygens (including phenoxy) is 1. The van der Waals surface area contributed by atoms with Crippen LogP contribution < -0.4 is 5.32 Å². The van der Waals surface area contributed by atoms with Gasteiger partial charge in [0.1, 0.15) is 6.04 Å². The van der Waals surface area contributed by atoms with Crippen molar-refractivity contribution in [3.05, 3.63) is 11.7 Å². The van der Waals surface area contributed by atoms with Crippen molar-refractivity contribution in [2.75, 3.05) is 19.0 Å². The summed E-state index contributed by atoms with van der Waals surface area (Å²) in [4.78, 5) is 17.1. The first-order chi connectivity index (χ1) is 11.1. The number of carbonyl (C=O) groups is 1. The molecule has 0 bridgehead atoms. The summed E-state index contributed by atoms with van der Waals surface area (Å²) in [6.45, 7) is 5.51. The Hall–Kier alpha value is -1.08. The zero-order chi connectivity index (χ0) is 16.2. The molecule has 1 amide bonds. The van der Waals surface area contributed by atoms with Crippen molar-refractivity contribution in [2.24, 2.45) is 5.92 Å². The van der Waals surface area contributed by atoms with Crippen molar-refractivity contribution in [1.82, 2.24) is 15.5 Å². The molecule has 1 aromatic rings. The second kappa shape index (κ2) is 7.66. The number of nitrogens with zero attached hydrogens (tertiary/aromatic N) is 2. The molecule has 7 heteroatoms. The summed E-state index contributed by atoms with van der Waals surface area (Å²) in [5.74, 6) is 2.91. The van der Waals surface area contributed by atoms with Crippen LogP contribution >= 0.6 is 11.8 Å². The highest BCUT2D eigenvalue weighted by Gasteiger charge is 2.34. The lowest BCUT2D eigenvalue weighted by atomic mass is 9.91. The fourth-order valence-electron chi connectivity index (χ4n) is 3.07. The highest BCUT2D eigenvalue weighted by atomic mass is 32.2. The molecule has 0 unspecified atom stereocenters. The number of amides is 1. The van der Waals surface area contributed by atoms with Crippen LogP contribution in [0.3, 0.4) is 0 Å². The van der Waals surface area contributed by atoms with Crippen molar-refractivity contribution in [3.63, 3.8) is 0 Å². The molecule has 2 atom stereocenters. The van der Waals surface area contributed by atoms with E-state index in [4.69, 9.17) is 9.26 Å². The standard InChI is InChI=1S/C16H25N3O3S/c1-10(2)14-18-16(22-19-14)13(11-5-7-21-8-6-11)17-15(20)12-4-3-9-23-12/h10-13H,3-9H2,1-2H3,(H,17,20)/t12-,13-/m0/s1. The van der Waals surface area contributed by atoms with E-state index in [0.717, 1.165) is 44.6 Å². The van der Waals surface area contributed by atoms with E-state index in [2.05, 4.69) is 15.5 Å². The fourth-order valence-corrected chi connectivity index (χ4v) is 4.24. The van der Waals surface area contributed by atoms with Gasteiger partial charge in [-0.25, -0.2) is 0 Å². The summed E-state index contributed by atoms with van der Waals surface area (Å²) in [5, 5.41) is 7.31. The molecule has 0 radical (unpaired) electrons. The Kier molecular flexibility index (Phi) is 5.58. The number of nitrogens with one attached hydrogen (secondary N) is 1. The zero-order valence-electron chi connectivity index (χ0n) is 13.8. The van der Waals surface area contributed by atoms with Gasteiger partial charge in [-0.05, 0) is 37.4 Å². The van der Waals surface area contributed by atoms with Crippen molar-refractivity contribution in [2.45, 2.75) is 56.7 Å². The van der Waals surface area contributed by atoms with Gasteiger partial charge in [0.2, 0.25) is 11.8 Å². The molecule has 1 N–H and O–H groups in total. The number of thioether (sulfide) groups is 1. The van der Waals surface area contributed by atoms with Crippen molar-refractivity contribution < 1.29 is 14.1 Å². The summed E-state index contributed by atoms with van der Waals surface area (Å²) in [5.41, 5.74) is 0. The van der Waals surface area contributed by atoms with Gasteiger partial charge < -0.3 is 14.6 Å². The summed E-state index contributed by atoms with van der Waals surface area (Å²) in [6.07, 6.45) is 3.88. The van der Waals surface area contributed by atoms with E-state index in [1.54, 1.807) is 11.8 Å². The second-order valence-electron chi connectivity index (χ2n) is 6.58. The molecule has 2 fully saturated rings. The summed E-state index contributed by atoms with van der Waals surface area (Å²) in [7, 11) is 0. The van der Waals surface area contributed by atoms with Gasteiger partial charge in [-0.2, -0.15) is 4.98 Å². The molecule has 0 aromatic carbocycles. The molecule has 2 aliphatic rings. The van der Waals surface area contributed by atoms with Gasteiger partial charge in [0.05, 0.1) is 5.25 Å². The van der Waals surface area contributed by atoms with Gasteiger partial charge in [0, 0.05) is 19.1 Å². The lowest BCUT2D eigenvalue weighted by Crippen LogP contribution is -2.39. The average Bonchev–Trinajstić information content (AvgIpc) is 3.24. The Labute approximate surface area is 141 Å². The fraction of sp³-hybridized carbons (Fsp3) is 0.812. The number of aromatic nitrogens is 2. The van der Waals surface area contributed by atoms with Crippen LogP contribution in [-0.4, -0.2) is 40.3 Å². The Balaban J connectivity index is 1.75. The van der Waals surface area contributed by atoms with Crippen LogP contribution in [0.1, 0.15) is 63.2 Å². The molecule has 23 heavy (non-hydrogen) atoms. The Morgan fingerprint density at radius 2 is 2.09 bits per heavy atom. The predicted molar refractivity (Wildman–Crippen MR) is 88.3 cm³/mol. The third kappa shape index (κ3) is 4.07. The monoisotopic (exact) mass is 339 g/mol. The zero-order valence-corrected chi connectivity index (χ0v) is 14.6. The topological polar surface area (TPSA) is 77.2 Å². The van der Waals surface area contributed by atoms with Crippen LogP contribution in [0.2, 0.25) is 0 Å². The molecule has 0 saturated carbocycles. The summed E-state index contributed by atoms with van der Waals surface area (Å²) < 4.78 is 10.9. The van der Waals surface area contributed by atoms with Crippen LogP contribution in [0.4, 0.5) is 0 Å². The van der Waals surface area contributed by atoms with Crippen molar-refractivity contribution >= 4 is 17.7 Å². The molecule has 1 aromatic heterocycles. The third-order valence-corrected chi connectivity index (χ3v) is 5.87. The summed E-state index contributed by atoms with van der Waals surface area (Å²) >= 11 is 1.74. The maximum Gasteiger partial charge on any atom is 0.249 e. The Morgan fingerprint density at radius 3 is 2.70 bits per heavy atom.